The van der Waals surface area contributed by atoms with E-state index < -0.39 is 9.84 Å². The van der Waals surface area contributed by atoms with Crippen LogP contribution >= 0.6 is 23.2 Å². The van der Waals surface area contributed by atoms with Crippen molar-refractivity contribution in [3.8, 4) is 0 Å². The SMILES string of the molecule is NC(c1ccc(Cl)c(Cl)c1)C1CCS(=O)(=O)C1. The summed E-state index contributed by atoms with van der Waals surface area (Å²) in [5, 5.41) is 0.919. The van der Waals surface area contributed by atoms with Crippen LogP contribution in [0.5, 0.6) is 0 Å². The molecule has 2 unspecified atom stereocenters. The Labute approximate surface area is 111 Å². The fraction of sp³-hybridized carbons (Fsp3) is 0.455. The predicted octanol–water partition coefficient (Wildman–Crippen LogP) is 2.43. The first kappa shape index (κ1) is 13.1. The summed E-state index contributed by atoms with van der Waals surface area (Å²) in [7, 11) is -2.91. The fourth-order valence-electron chi connectivity index (χ4n) is 2.10. The number of halogens is 2. The molecule has 2 atom stereocenters. The van der Waals surface area contributed by atoms with Gasteiger partial charge >= 0.3 is 0 Å². The average molecular weight is 294 g/mol. The Morgan fingerprint density at radius 3 is 2.53 bits per heavy atom. The van der Waals surface area contributed by atoms with E-state index in [1.807, 2.05) is 0 Å². The Hall–Kier alpha value is -0.290. The molecule has 0 aromatic heterocycles. The lowest BCUT2D eigenvalue weighted by Gasteiger charge is -2.18. The molecule has 94 valence electrons. The van der Waals surface area contributed by atoms with E-state index in [4.69, 9.17) is 28.9 Å². The van der Waals surface area contributed by atoms with Crippen LogP contribution in [0.15, 0.2) is 18.2 Å². The minimum atomic E-state index is -2.91. The van der Waals surface area contributed by atoms with Gasteiger partial charge in [0.2, 0.25) is 0 Å². The molecule has 1 aliphatic heterocycles. The standard InChI is InChI=1S/C11H13Cl2NO2S/c12-9-2-1-7(5-10(9)13)11(14)8-3-4-17(15,16)6-8/h1-2,5,8,11H,3-4,6,14H2. The van der Waals surface area contributed by atoms with Crippen molar-refractivity contribution in [2.45, 2.75) is 12.5 Å². The highest BCUT2D eigenvalue weighted by Crippen LogP contribution is 2.32. The number of rotatable bonds is 2. The highest BCUT2D eigenvalue weighted by molar-refractivity contribution is 7.91. The summed E-state index contributed by atoms with van der Waals surface area (Å²) in [6.45, 7) is 0. The zero-order valence-corrected chi connectivity index (χ0v) is 11.4. The maximum absolute atomic E-state index is 11.4. The zero-order valence-electron chi connectivity index (χ0n) is 9.07. The van der Waals surface area contributed by atoms with Gasteiger partial charge in [0.25, 0.3) is 0 Å². The average Bonchev–Trinajstić information content (AvgIpc) is 2.62. The molecule has 0 aliphatic carbocycles. The molecule has 0 bridgehead atoms. The maximum Gasteiger partial charge on any atom is 0.150 e. The summed E-state index contributed by atoms with van der Waals surface area (Å²) in [4.78, 5) is 0. The number of hydrogen-bond acceptors (Lipinski definition) is 3. The largest absolute Gasteiger partial charge is 0.324 e. The molecule has 0 amide bonds. The Morgan fingerprint density at radius 2 is 2.00 bits per heavy atom. The molecule has 17 heavy (non-hydrogen) atoms. The van der Waals surface area contributed by atoms with E-state index in [0.29, 0.717) is 16.5 Å². The van der Waals surface area contributed by atoms with E-state index in [1.54, 1.807) is 18.2 Å². The van der Waals surface area contributed by atoms with Crippen molar-refractivity contribution in [1.29, 1.82) is 0 Å². The van der Waals surface area contributed by atoms with Crippen molar-refractivity contribution in [1.82, 2.24) is 0 Å². The van der Waals surface area contributed by atoms with E-state index in [0.717, 1.165) is 5.56 Å². The van der Waals surface area contributed by atoms with Gasteiger partial charge in [-0.1, -0.05) is 29.3 Å². The topological polar surface area (TPSA) is 60.2 Å². The molecule has 0 spiro atoms. The number of hydrogen-bond donors (Lipinski definition) is 1. The van der Waals surface area contributed by atoms with E-state index >= 15 is 0 Å². The van der Waals surface area contributed by atoms with Crippen LogP contribution in [0.1, 0.15) is 18.0 Å². The quantitative estimate of drug-likeness (QED) is 0.911. The first-order chi connectivity index (χ1) is 7.89. The Balaban J connectivity index is 2.20. The van der Waals surface area contributed by atoms with Crippen LogP contribution in [0.25, 0.3) is 0 Å². The lowest BCUT2D eigenvalue weighted by atomic mass is 9.93. The van der Waals surface area contributed by atoms with Gasteiger partial charge in [-0.2, -0.15) is 0 Å². The van der Waals surface area contributed by atoms with Gasteiger partial charge in [-0.25, -0.2) is 8.42 Å². The van der Waals surface area contributed by atoms with E-state index in [-0.39, 0.29) is 23.5 Å². The third-order valence-corrected chi connectivity index (χ3v) is 5.64. The van der Waals surface area contributed by atoms with Gasteiger partial charge in [-0.05, 0) is 30.0 Å². The molecule has 1 heterocycles. The summed E-state index contributed by atoms with van der Waals surface area (Å²) < 4.78 is 22.8. The highest BCUT2D eigenvalue weighted by Gasteiger charge is 2.32. The normalized spacial score (nSPS) is 24.8. The van der Waals surface area contributed by atoms with Crippen LogP contribution in [0.4, 0.5) is 0 Å². The molecule has 1 aromatic carbocycles. The van der Waals surface area contributed by atoms with Crippen molar-refractivity contribution >= 4 is 33.0 Å². The van der Waals surface area contributed by atoms with Crippen LogP contribution in [0.3, 0.4) is 0 Å². The second-order valence-electron chi connectivity index (χ2n) is 4.36. The minimum Gasteiger partial charge on any atom is -0.324 e. The molecule has 2 rings (SSSR count). The molecule has 1 saturated heterocycles. The fourth-order valence-corrected chi connectivity index (χ4v) is 4.26. The van der Waals surface area contributed by atoms with Crippen LogP contribution < -0.4 is 5.73 Å². The van der Waals surface area contributed by atoms with E-state index in [2.05, 4.69) is 0 Å². The highest BCUT2D eigenvalue weighted by atomic mass is 35.5. The van der Waals surface area contributed by atoms with Gasteiger partial charge in [0, 0.05) is 6.04 Å². The summed E-state index contributed by atoms with van der Waals surface area (Å²) in [6.07, 6.45) is 0.615. The van der Waals surface area contributed by atoms with Gasteiger partial charge in [-0.15, -0.1) is 0 Å². The second-order valence-corrected chi connectivity index (χ2v) is 7.41. The van der Waals surface area contributed by atoms with E-state index in [1.165, 1.54) is 0 Å². The van der Waals surface area contributed by atoms with Crippen molar-refractivity contribution in [2.75, 3.05) is 11.5 Å². The summed E-state index contributed by atoms with van der Waals surface area (Å²) in [5.41, 5.74) is 6.91. The third-order valence-electron chi connectivity index (χ3n) is 3.10. The number of nitrogens with two attached hydrogens (primary N) is 1. The smallest absolute Gasteiger partial charge is 0.150 e. The second kappa shape index (κ2) is 4.76. The third kappa shape index (κ3) is 2.94. The molecule has 3 nitrogen and oxygen atoms in total. The molecule has 1 aliphatic rings. The molecule has 0 radical (unpaired) electrons. The molecular formula is C11H13Cl2NO2S. The van der Waals surface area contributed by atoms with Crippen molar-refractivity contribution in [2.24, 2.45) is 11.7 Å². The summed E-state index contributed by atoms with van der Waals surface area (Å²) >= 11 is 11.7. The summed E-state index contributed by atoms with van der Waals surface area (Å²) in [6, 6.07) is 4.88. The van der Waals surface area contributed by atoms with Crippen LogP contribution in [0, 0.1) is 5.92 Å². The summed E-state index contributed by atoms with van der Waals surface area (Å²) in [5.74, 6) is 0.360. The van der Waals surface area contributed by atoms with Crippen molar-refractivity contribution in [3.05, 3.63) is 33.8 Å². The van der Waals surface area contributed by atoms with Gasteiger partial charge in [0.05, 0.1) is 21.6 Å². The van der Waals surface area contributed by atoms with E-state index in [9.17, 15) is 8.42 Å². The lowest BCUT2D eigenvalue weighted by molar-refractivity contribution is 0.480. The first-order valence-corrected chi connectivity index (χ1v) is 7.88. The monoisotopic (exact) mass is 293 g/mol. The molecule has 1 aromatic rings. The van der Waals surface area contributed by atoms with Crippen LogP contribution in [-0.2, 0) is 9.84 Å². The molecule has 0 saturated carbocycles. The van der Waals surface area contributed by atoms with Crippen LogP contribution in [0.2, 0.25) is 10.0 Å². The first-order valence-electron chi connectivity index (χ1n) is 5.30. The van der Waals surface area contributed by atoms with Gasteiger partial charge < -0.3 is 5.73 Å². The molecule has 1 fully saturated rings. The Morgan fingerprint density at radius 1 is 1.29 bits per heavy atom. The minimum absolute atomic E-state index is 0.0303. The Kier molecular flexibility index (Phi) is 3.69. The van der Waals surface area contributed by atoms with Crippen LogP contribution in [-0.4, -0.2) is 19.9 Å². The number of sulfone groups is 1. The Bertz CT molecular complexity index is 530. The van der Waals surface area contributed by atoms with Crippen molar-refractivity contribution in [3.63, 3.8) is 0 Å². The van der Waals surface area contributed by atoms with Gasteiger partial charge in [0.15, 0.2) is 9.84 Å². The zero-order chi connectivity index (χ0) is 12.6. The van der Waals surface area contributed by atoms with Gasteiger partial charge in [-0.3, -0.25) is 0 Å². The van der Waals surface area contributed by atoms with Crippen molar-refractivity contribution < 1.29 is 8.42 Å². The molecule has 2 N–H and O–H groups in total. The molecule has 6 heteroatoms. The number of benzene rings is 1. The lowest BCUT2D eigenvalue weighted by Crippen LogP contribution is -2.22. The predicted molar refractivity (Wildman–Crippen MR) is 70.2 cm³/mol. The maximum atomic E-state index is 11.4. The molecular weight excluding hydrogens is 281 g/mol. The van der Waals surface area contributed by atoms with Gasteiger partial charge in [0.1, 0.15) is 0 Å².